The number of carboxylic acids is 1. The molecule has 0 aromatic rings. The first kappa shape index (κ1) is 18.2. The number of unbranched alkanes of at least 4 members (excludes halogenated alkanes) is 7. The molecule has 21 heavy (non-hydrogen) atoms. The maximum Gasteiger partial charge on any atom is 0.303 e. The molecule has 1 fully saturated rings. The largest absolute Gasteiger partial charge is 0.481 e. The SMILES string of the molecule is CCCCCC=CCC1OC1CCCCCCCC(=O)O. The lowest BCUT2D eigenvalue weighted by atomic mass is 10.1. The molecule has 122 valence electrons. The summed E-state index contributed by atoms with van der Waals surface area (Å²) >= 11 is 0. The Hall–Kier alpha value is -0.830. The van der Waals surface area contributed by atoms with Gasteiger partial charge in [-0.2, -0.15) is 0 Å². The van der Waals surface area contributed by atoms with Gasteiger partial charge in [0.1, 0.15) is 0 Å². The van der Waals surface area contributed by atoms with E-state index in [1.165, 1.54) is 44.9 Å². The minimum atomic E-state index is -0.674. The van der Waals surface area contributed by atoms with E-state index in [9.17, 15) is 4.79 Å². The third-order valence-corrected chi connectivity index (χ3v) is 4.08. The van der Waals surface area contributed by atoms with Gasteiger partial charge in [-0.1, -0.05) is 57.6 Å². The average molecular weight is 296 g/mol. The van der Waals surface area contributed by atoms with Gasteiger partial charge in [-0.15, -0.1) is 0 Å². The number of hydrogen-bond donors (Lipinski definition) is 1. The van der Waals surface area contributed by atoms with Crippen LogP contribution in [0.1, 0.15) is 84.0 Å². The summed E-state index contributed by atoms with van der Waals surface area (Å²) in [4.78, 5) is 10.4. The van der Waals surface area contributed by atoms with Crippen molar-refractivity contribution in [3.8, 4) is 0 Å². The highest BCUT2D eigenvalue weighted by molar-refractivity contribution is 5.66. The molecule has 3 nitrogen and oxygen atoms in total. The van der Waals surface area contributed by atoms with Gasteiger partial charge in [-0.3, -0.25) is 4.79 Å². The van der Waals surface area contributed by atoms with Crippen molar-refractivity contribution in [3.05, 3.63) is 12.2 Å². The number of carboxylic acid groups (broad SMARTS) is 1. The van der Waals surface area contributed by atoms with E-state index in [-0.39, 0.29) is 0 Å². The van der Waals surface area contributed by atoms with Crippen LogP contribution in [-0.2, 0) is 9.53 Å². The number of rotatable bonds is 14. The molecule has 0 saturated carbocycles. The van der Waals surface area contributed by atoms with E-state index in [0.29, 0.717) is 18.6 Å². The summed E-state index contributed by atoms with van der Waals surface area (Å²) in [6, 6.07) is 0. The Bertz CT molecular complexity index is 299. The Morgan fingerprint density at radius 3 is 2.52 bits per heavy atom. The van der Waals surface area contributed by atoms with Crippen LogP contribution in [0.25, 0.3) is 0 Å². The molecule has 0 aliphatic carbocycles. The lowest BCUT2D eigenvalue weighted by Crippen LogP contribution is -1.94. The summed E-state index contributed by atoms with van der Waals surface area (Å²) in [5.74, 6) is -0.674. The zero-order valence-corrected chi connectivity index (χ0v) is 13.6. The van der Waals surface area contributed by atoms with E-state index < -0.39 is 5.97 Å². The Morgan fingerprint density at radius 2 is 1.76 bits per heavy atom. The van der Waals surface area contributed by atoms with Crippen molar-refractivity contribution < 1.29 is 14.6 Å². The quantitative estimate of drug-likeness (QED) is 0.276. The first-order valence-corrected chi connectivity index (χ1v) is 8.76. The molecule has 2 unspecified atom stereocenters. The Labute approximate surface area is 129 Å². The van der Waals surface area contributed by atoms with Crippen LogP contribution in [0, 0.1) is 0 Å². The van der Waals surface area contributed by atoms with Crippen molar-refractivity contribution in [2.75, 3.05) is 0 Å². The van der Waals surface area contributed by atoms with E-state index in [1.807, 2.05) is 0 Å². The van der Waals surface area contributed by atoms with Gasteiger partial charge in [0.15, 0.2) is 0 Å². The van der Waals surface area contributed by atoms with Crippen LogP contribution < -0.4 is 0 Å². The smallest absolute Gasteiger partial charge is 0.303 e. The highest BCUT2D eigenvalue weighted by atomic mass is 16.6. The second-order valence-electron chi connectivity index (χ2n) is 6.12. The summed E-state index contributed by atoms with van der Waals surface area (Å²) in [5.41, 5.74) is 0. The minimum Gasteiger partial charge on any atom is -0.481 e. The summed E-state index contributed by atoms with van der Waals surface area (Å²) < 4.78 is 5.67. The van der Waals surface area contributed by atoms with Crippen molar-refractivity contribution in [2.24, 2.45) is 0 Å². The molecule has 1 saturated heterocycles. The second-order valence-corrected chi connectivity index (χ2v) is 6.12. The van der Waals surface area contributed by atoms with Gasteiger partial charge in [0, 0.05) is 6.42 Å². The normalized spacial score (nSPS) is 21.0. The molecule has 1 rings (SSSR count). The molecule has 2 atom stereocenters. The maximum atomic E-state index is 10.4. The Balaban J connectivity index is 1.83. The Kier molecular flexibility index (Phi) is 10.2. The molecule has 1 N–H and O–H groups in total. The third kappa shape index (κ3) is 10.5. The van der Waals surface area contributed by atoms with Gasteiger partial charge < -0.3 is 9.84 Å². The van der Waals surface area contributed by atoms with Crippen LogP contribution in [0.15, 0.2) is 12.2 Å². The third-order valence-electron chi connectivity index (χ3n) is 4.08. The molecule has 0 aromatic carbocycles. The van der Waals surface area contributed by atoms with E-state index in [0.717, 1.165) is 25.7 Å². The topological polar surface area (TPSA) is 49.8 Å². The summed E-state index contributed by atoms with van der Waals surface area (Å²) in [7, 11) is 0. The Morgan fingerprint density at radius 1 is 1.00 bits per heavy atom. The molecule has 0 radical (unpaired) electrons. The lowest BCUT2D eigenvalue weighted by molar-refractivity contribution is -0.137. The average Bonchev–Trinajstić information content (AvgIpc) is 3.20. The van der Waals surface area contributed by atoms with Crippen LogP contribution in [0.3, 0.4) is 0 Å². The summed E-state index contributed by atoms with van der Waals surface area (Å²) in [6.07, 6.45) is 18.7. The van der Waals surface area contributed by atoms with Crippen LogP contribution in [0.5, 0.6) is 0 Å². The summed E-state index contributed by atoms with van der Waals surface area (Å²) in [5, 5.41) is 8.54. The fourth-order valence-electron chi connectivity index (χ4n) is 2.65. The molecule has 1 heterocycles. The van der Waals surface area contributed by atoms with E-state index in [2.05, 4.69) is 19.1 Å². The first-order chi connectivity index (χ1) is 10.2. The first-order valence-electron chi connectivity index (χ1n) is 8.76. The molecule has 1 aliphatic heterocycles. The fourth-order valence-corrected chi connectivity index (χ4v) is 2.65. The number of aliphatic carboxylic acids is 1. The van der Waals surface area contributed by atoms with Crippen LogP contribution in [-0.4, -0.2) is 23.3 Å². The molecule has 0 amide bonds. The lowest BCUT2D eigenvalue weighted by Gasteiger charge is -1.99. The van der Waals surface area contributed by atoms with Crippen LogP contribution >= 0.6 is 0 Å². The molecule has 1 aliphatic rings. The minimum absolute atomic E-state index is 0.318. The molecule has 0 bridgehead atoms. The van der Waals surface area contributed by atoms with Crippen molar-refractivity contribution in [3.63, 3.8) is 0 Å². The van der Waals surface area contributed by atoms with Crippen LogP contribution in [0.2, 0.25) is 0 Å². The van der Waals surface area contributed by atoms with Gasteiger partial charge in [0.25, 0.3) is 0 Å². The number of carbonyl (C=O) groups is 1. The van der Waals surface area contributed by atoms with Gasteiger partial charge in [-0.05, 0) is 32.1 Å². The van der Waals surface area contributed by atoms with Gasteiger partial charge in [0.2, 0.25) is 0 Å². The van der Waals surface area contributed by atoms with Crippen molar-refractivity contribution in [1.82, 2.24) is 0 Å². The van der Waals surface area contributed by atoms with Crippen molar-refractivity contribution >= 4 is 5.97 Å². The van der Waals surface area contributed by atoms with E-state index in [4.69, 9.17) is 9.84 Å². The molecular formula is C18H32O3. The molecular weight excluding hydrogens is 264 g/mol. The number of hydrogen-bond acceptors (Lipinski definition) is 2. The van der Waals surface area contributed by atoms with Gasteiger partial charge >= 0.3 is 5.97 Å². The standard InChI is InChI=1S/C18H32O3/c1-2-3-4-5-7-10-13-16-17(21-16)14-11-8-6-9-12-15-18(19)20/h7,10,16-17H,2-6,8-9,11-15H2,1H3,(H,19,20). The van der Waals surface area contributed by atoms with Crippen molar-refractivity contribution in [2.45, 2.75) is 96.2 Å². The number of epoxide rings is 1. The monoisotopic (exact) mass is 296 g/mol. The predicted octanol–water partition coefficient (Wildman–Crippen LogP) is 5.10. The predicted molar refractivity (Wildman–Crippen MR) is 86.5 cm³/mol. The van der Waals surface area contributed by atoms with E-state index in [1.54, 1.807) is 0 Å². The summed E-state index contributed by atoms with van der Waals surface area (Å²) in [6.45, 7) is 2.23. The highest BCUT2D eigenvalue weighted by Gasteiger charge is 2.36. The fraction of sp³-hybridized carbons (Fsp3) is 0.833. The molecule has 3 heteroatoms. The maximum absolute atomic E-state index is 10.4. The van der Waals surface area contributed by atoms with Gasteiger partial charge in [-0.25, -0.2) is 0 Å². The van der Waals surface area contributed by atoms with Gasteiger partial charge in [0.05, 0.1) is 12.2 Å². The zero-order chi connectivity index (χ0) is 15.3. The number of ether oxygens (including phenoxy) is 1. The zero-order valence-electron chi connectivity index (χ0n) is 13.6. The second kappa shape index (κ2) is 11.8. The molecule has 0 aromatic heterocycles. The highest BCUT2D eigenvalue weighted by Crippen LogP contribution is 2.30. The van der Waals surface area contributed by atoms with E-state index >= 15 is 0 Å². The molecule has 0 spiro atoms. The van der Waals surface area contributed by atoms with Crippen molar-refractivity contribution in [1.29, 1.82) is 0 Å². The number of allylic oxidation sites excluding steroid dienone is 1. The van der Waals surface area contributed by atoms with Crippen LogP contribution in [0.4, 0.5) is 0 Å².